The Labute approximate surface area is 68.2 Å². The van der Waals surface area contributed by atoms with Gasteiger partial charge in [0.15, 0.2) is 0 Å². The van der Waals surface area contributed by atoms with Gasteiger partial charge in [0.25, 0.3) is 0 Å². The molecule has 0 saturated heterocycles. The van der Waals surface area contributed by atoms with Gasteiger partial charge in [0.2, 0.25) is 0 Å². The van der Waals surface area contributed by atoms with Crippen LogP contribution < -0.4 is 0 Å². The first-order valence-corrected chi connectivity index (χ1v) is 4.90. The van der Waals surface area contributed by atoms with Crippen LogP contribution in [0, 0.1) is 11.8 Å². The topological polar surface area (TPSA) is 17.1 Å². The molecule has 0 heterocycles. The lowest BCUT2D eigenvalue weighted by molar-refractivity contribution is -0.121. The second kappa shape index (κ2) is 2.96. The van der Waals surface area contributed by atoms with Crippen LogP contribution in [0.15, 0.2) is 0 Å². The fraction of sp³-hybridized carbons (Fsp3) is 0.900. The van der Waals surface area contributed by atoms with Crippen LogP contribution in [0.4, 0.5) is 0 Å². The Morgan fingerprint density at radius 3 is 2.73 bits per heavy atom. The van der Waals surface area contributed by atoms with Crippen molar-refractivity contribution in [1.29, 1.82) is 0 Å². The van der Waals surface area contributed by atoms with E-state index in [-0.39, 0.29) is 0 Å². The van der Waals surface area contributed by atoms with Crippen LogP contribution in [0.5, 0.6) is 0 Å². The summed E-state index contributed by atoms with van der Waals surface area (Å²) in [7, 11) is 0. The van der Waals surface area contributed by atoms with Crippen LogP contribution in [-0.4, -0.2) is 5.78 Å². The summed E-state index contributed by atoms with van der Waals surface area (Å²) in [5.74, 6) is 1.83. The third-order valence-electron chi connectivity index (χ3n) is 3.33. The van der Waals surface area contributed by atoms with Gasteiger partial charge in [-0.25, -0.2) is 0 Å². The number of hydrogen-bond donors (Lipinski definition) is 0. The molecule has 2 saturated carbocycles. The first kappa shape index (κ1) is 7.33. The summed E-state index contributed by atoms with van der Waals surface area (Å²) in [4.78, 5) is 11.4. The molecule has 2 aliphatic rings. The largest absolute Gasteiger partial charge is 0.299 e. The molecule has 0 amide bonds. The molecule has 0 N–H and O–H groups in total. The summed E-state index contributed by atoms with van der Waals surface area (Å²) in [5.41, 5.74) is 0. The zero-order valence-electron chi connectivity index (χ0n) is 7.01. The van der Waals surface area contributed by atoms with E-state index >= 15 is 0 Å². The second-order valence-electron chi connectivity index (χ2n) is 4.01. The molecule has 0 aliphatic heterocycles. The highest BCUT2D eigenvalue weighted by atomic mass is 16.1. The van der Waals surface area contributed by atoms with Crippen LogP contribution in [-0.2, 0) is 4.79 Å². The lowest BCUT2D eigenvalue weighted by atomic mass is 9.91. The SMILES string of the molecule is O=C1CC[C@H]2CCCCC[C@@H]12. The summed E-state index contributed by atoms with van der Waals surface area (Å²) >= 11 is 0. The molecule has 1 heteroatoms. The fourth-order valence-electron chi connectivity index (χ4n) is 2.67. The molecule has 11 heavy (non-hydrogen) atoms. The molecular formula is C10H16O. The average Bonchev–Trinajstić information content (AvgIpc) is 2.25. The smallest absolute Gasteiger partial charge is 0.136 e. The summed E-state index contributed by atoms with van der Waals surface area (Å²) < 4.78 is 0. The molecule has 0 bridgehead atoms. The van der Waals surface area contributed by atoms with Crippen molar-refractivity contribution in [3.63, 3.8) is 0 Å². The van der Waals surface area contributed by atoms with Crippen molar-refractivity contribution in [3.05, 3.63) is 0 Å². The van der Waals surface area contributed by atoms with Crippen molar-refractivity contribution in [2.24, 2.45) is 11.8 Å². The Kier molecular flexibility index (Phi) is 1.97. The molecule has 2 atom stereocenters. The predicted molar refractivity (Wildman–Crippen MR) is 44.3 cm³/mol. The molecule has 0 unspecified atom stereocenters. The van der Waals surface area contributed by atoms with E-state index in [4.69, 9.17) is 0 Å². The number of carbonyl (C=O) groups is 1. The normalized spacial score (nSPS) is 38.4. The van der Waals surface area contributed by atoms with Crippen molar-refractivity contribution in [3.8, 4) is 0 Å². The van der Waals surface area contributed by atoms with Crippen molar-refractivity contribution >= 4 is 5.78 Å². The number of Topliss-reactive ketones (excluding diaryl/α,β-unsaturated/α-hetero) is 1. The van der Waals surface area contributed by atoms with Crippen LogP contribution in [0.2, 0.25) is 0 Å². The second-order valence-corrected chi connectivity index (χ2v) is 4.01. The van der Waals surface area contributed by atoms with E-state index < -0.39 is 0 Å². The Morgan fingerprint density at radius 1 is 1.00 bits per heavy atom. The van der Waals surface area contributed by atoms with Crippen LogP contribution in [0.25, 0.3) is 0 Å². The van der Waals surface area contributed by atoms with Gasteiger partial charge in [0.1, 0.15) is 5.78 Å². The number of carbonyl (C=O) groups excluding carboxylic acids is 1. The molecule has 0 aromatic rings. The molecule has 0 radical (unpaired) electrons. The first-order chi connectivity index (χ1) is 5.38. The van der Waals surface area contributed by atoms with Crippen LogP contribution >= 0.6 is 0 Å². The molecule has 2 rings (SSSR count). The van der Waals surface area contributed by atoms with Crippen molar-refractivity contribution in [2.75, 3.05) is 0 Å². The van der Waals surface area contributed by atoms with E-state index in [1.807, 2.05) is 0 Å². The third kappa shape index (κ3) is 1.33. The molecular weight excluding hydrogens is 136 g/mol. The van der Waals surface area contributed by atoms with E-state index in [9.17, 15) is 4.79 Å². The predicted octanol–water partition coefficient (Wildman–Crippen LogP) is 2.55. The van der Waals surface area contributed by atoms with E-state index in [0.29, 0.717) is 11.7 Å². The lowest BCUT2D eigenvalue weighted by Gasteiger charge is -2.12. The molecule has 1 nitrogen and oxygen atoms in total. The van der Waals surface area contributed by atoms with Gasteiger partial charge in [-0.05, 0) is 25.2 Å². The number of hydrogen-bond acceptors (Lipinski definition) is 1. The standard InChI is InChI=1S/C10H16O/c11-10-7-6-8-4-2-1-3-5-9(8)10/h8-9H,1-7H2/t8-,9-/m1/s1. The Hall–Kier alpha value is -0.330. The minimum Gasteiger partial charge on any atom is -0.299 e. The highest BCUT2D eigenvalue weighted by Gasteiger charge is 2.34. The van der Waals surface area contributed by atoms with E-state index in [1.54, 1.807) is 0 Å². The highest BCUT2D eigenvalue weighted by Crippen LogP contribution is 2.38. The fourth-order valence-corrected chi connectivity index (χ4v) is 2.67. The summed E-state index contributed by atoms with van der Waals surface area (Å²) in [6.07, 6.45) is 8.64. The monoisotopic (exact) mass is 152 g/mol. The Bertz CT molecular complexity index is 162. The first-order valence-electron chi connectivity index (χ1n) is 4.90. The minimum absolute atomic E-state index is 0.484. The molecule has 62 valence electrons. The third-order valence-corrected chi connectivity index (χ3v) is 3.33. The molecule has 0 aromatic carbocycles. The maximum atomic E-state index is 11.4. The summed E-state index contributed by atoms with van der Waals surface area (Å²) in [6.45, 7) is 0. The van der Waals surface area contributed by atoms with E-state index in [2.05, 4.69) is 0 Å². The van der Waals surface area contributed by atoms with E-state index in [0.717, 1.165) is 12.3 Å². The summed E-state index contributed by atoms with van der Waals surface area (Å²) in [6, 6.07) is 0. The van der Waals surface area contributed by atoms with Crippen molar-refractivity contribution in [1.82, 2.24) is 0 Å². The zero-order valence-corrected chi connectivity index (χ0v) is 7.01. The van der Waals surface area contributed by atoms with E-state index in [1.165, 1.54) is 38.5 Å². The average molecular weight is 152 g/mol. The molecule has 0 spiro atoms. The van der Waals surface area contributed by atoms with Gasteiger partial charge in [-0.1, -0.05) is 19.3 Å². The van der Waals surface area contributed by atoms with Crippen LogP contribution in [0.3, 0.4) is 0 Å². The number of rotatable bonds is 0. The van der Waals surface area contributed by atoms with Gasteiger partial charge in [-0.2, -0.15) is 0 Å². The lowest BCUT2D eigenvalue weighted by Crippen LogP contribution is -2.12. The van der Waals surface area contributed by atoms with Gasteiger partial charge in [0.05, 0.1) is 0 Å². The minimum atomic E-state index is 0.484. The maximum Gasteiger partial charge on any atom is 0.136 e. The zero-order chi connectivity index (χ0) is 7.68. The van der Waals surface area contributed by atoms with Crippen LogP contribution in [0.1, 0.15) is 44.9 Å². The Balaban J connectivity index is 2.06. The van der Waals surface area contributed by atoms with Gasteiger partial charge < -0.3 is 0 Å². The van der Waals surface area contributed by atoms with Gasteiger partial charge in [0, 0.05) is 12.3 Å². The van der Waals surface area contributed by atoms with Gasteiger partial charge in [-0.3, -0.25) is 4.79 Å². The van der Waals surface area contributed by atoms with Gasteiger partial charge in [-0.15, -0.1) is 0 Å². The number of ketones is 1. The Morgan fingerprint density at radius 2 is 1.82 bits per heavy atom. The van der Waals surface area contributed by atoms with Crippen molar-refractivity contribution in [2.45, 2.75) is 44.9 Å². The maximum absolute atomic E-state index is 11.4. The quantitative estimate of drug-likeness (QED) is 0.521. The highest BCUT2D eigenvalue weighted by molar-refractivity contribution is 5.83. The number of fused-ring (bicyclic) bond motifs is 1. The van der Waals surface area contributed by atoms with Crippen molar-refractivity contribution < 1.29 is 4.79 Å². The summed E-state index contributed by atoms with van der Waals surface area (Å²) in [5, 5.41) is 0. The molecule has 0 aromatic heterocycles. The van der Waals surface area contributed by atoms with Gasteiger partial charge >= 0.3 is 0 Å². The molecule has 2 fully saturated rings. The molecule has 2 aliphatic carbocycles.